The summed E-state index contributed by atoms with van der Waals surface area (Å²) in [5, 5.41) is 11.4. The van der Waals surface area contributed by atoms with Crippen molar-refractivity contribution >= 4 is 29.1 Å². The van der Waals surface area contributed by atoms with Crippen LogP contribution in [0.4, 0.5) is 5.69 Å². The van der Waals surface area contributed by atoms with Gasteiger partial charge in [-0.1, -0.05) is 43.7 Å². The zero-order valence-electron chi connectivity index (χ0n) is 21.6. The highest BCUT2D eigenvalue weighted by Gasteiger charge is 2.47. The van der Waals surface area contributed by atoms with Crippen molar-refractivity contribution in [1.82, 2.24) is 0 Å². The molecule has 3 aromatic carbocycles. The lowest BCUT2D eigenvalue weighted by atomic mass is 9.93. The van der Waals surface area contributed by atoms with Crippen LogP contribution in [0.15, 0.2) is 72.3 Å². The van der Waals surface area contributed by atoms with Gasteiger partial charge in [0.05, 0.1) is 30.4 Å². The first-order chi connectivity index (χ1) is 18.2. The molecule has 2 aliphatic rings. The van der Waals surface area contributed by atoms with Gasteiger partial charge < -0.3 is 14.6 Å². The fourth-order valence-corrected chi connectivity index (χ4v) is 4.83. The fourth-order valence-electron chi connectivity index (χ4n) is 4.83. The van der Waals surface area contributed by atoms with Crippen LogP contribution in [-0.2, 0) is 20.7 Å². The second-order valence-corrected chi connectivity index (χ2v) is 10.0. The molecule has 194 valence electrons. The van der Waals surface area contributed by atoms with Crippen molar-refractivity contribution < 1.29 is 29.0 Å². The molecule has 7 nitrogen and oxygen atoms in total. The number of hydrogen-bond acceptors (Lipinski definition) is 6. The maximum atomic E-state index is 13.4. The predicted molar refractivity (Wildman–Crippen MR) is 143 cm³/mol. The van der Waals surface area contributed by atoms with Gasteiger partial charge >= 0.3 is 5.97 Å². The molecule has 3 aromatic rings. The number of ketones is 1. The number of fused-ring (bicyclic) bond motifs is 1. The molecule has 0 aliphatic carbocycles. The quantitative estimate of drug-likeness (QED) is 0.207. The number of aryl methyl sites for hydroxylation is 1. The third kappa shape index (κ3) is 4.67. The van der Waals surface area contributed by atoms with Crippen molar-refractivity contribution in [3.8, 4) is 5.75 Å². The lowest BCUT2D eigenvalue weighted by molar-refractivity contribution is -0.132. The molecule has 1 atom stereocenters. The monoisotopic (exact) mass is 511 g/mol. The normalized spacial score (nSPS) is 18.0. The van der Waals surface area contributed by atoms with Gasteiger partial charge in [0.1, 0.15) is 11.5 Å². The molecule has 2 aliphatic heterocycles. The van der Waals surface area contributed by atoms with Gasteiger partial charge in [-0.15, -0.1) is 0 Å². The van der Waals surface area contributed by atoms with Gasteiger partial charge in [0.25, 0.3) is 11.7 Å². The Balaban J connectivity index is 1.58. The summed E-state index contributed by atoms with van der Waals surface area (Å²) in [5.41, 5.74) is 3.82. The average Bonchev–Trinajstić information content (AvgIpc) is 3.48. The number of nitrogens with zero attached hydrogens (tertiary/aromatic N) is 1. The van der Waals surface area contributed by atoms with Crippen LogP contribution in [0.1, 0.15) is 52.5 Å². The Morgan fingerprint density at radius 1 is 1.05 bits per heavy atom. The van der Waals surface area contributed by atoms with Crippen LogP contribution in [0.3, 0.4) is 0 Å². The largest absolute Gasteiger partial charge is 0.507 e. The number of aliphatic hydroxyl groups excluding tert-OH is 1. The number of anilines is 1. The molecule has 1 amide bonds. The van der Waals surface area contributed by atoms with Gasteiger partial charge in [0, 0.05) is 17.7 Å². The SMILES string of the molecule is Cc1cccc(C2/C(=C(/O)c3ccc4c(c3)CCO4)C(=O)C(=O)N2c2ccc(C(=O)OCC(C)C)cc2)c1. The molecule has 38 heavy (non-hydrogen) atoms. The van der Waals surface area contributed by atoms with E-state index in [9.17, 15) is 19.5 Å². The third-order valence-corrected chi connectivity index (χ3v) is 6.69. The minimum atomic E-state index is -0.849. The summed E-state index contributed by atoms with van der Waals surface area (Å²) in [7, 11) is 0. The molecule has 0 radical (unpaired) electrons. The van der Waals surface area contributed by atoms with Crippen molar-refractivity contribution in [2.24, 2.45) is 5.92 Å². The average molecular weight is 512 g/mol. The topological polar surface area (TPSA) is 93.1 Å². The minimum absolute atomic E-state index is 0.0138. The molecule has 7 heteroatoms. The summed E-state index contributed by atoms with van der Waals surface area (Å²) in [6, 6.07) is 18.3. The van der Waals surface area contributed by atoms with Crippen molar-refractivity contribution in [2.75, 3.05) is 18.1 Å². The molecule has 0 aromatic heterocycles. The maximum absolute atomic E-state index is 13.4. The van der Waals surface area contributed by atoms with Gasteiger partial charge in [-0.2, -0.15) is 0 Å². The number of carbonyl (C=O) groups excluding carboxylic acids is 3. The minimum Gasteiger partial charge on any atom is -0.507 e. The molecular weight excluding hydrogens is 482 g/mol. The van der Waals surface area contributed by atoms with Crippen LogP contribution in [-0.4, -0.2) is 36.0 Å². The van der Waals surface area contributed by atoms with Gasteiger partial charge in [-0.05, 0) is 66.4 Å². The summed E-state index contributed by atoms with van der Waals surface area (Å²) in [4.78, 5) is 40.6. The van der Waals surface area contributed by atoms with Gasteiger partial charge in [0.2, 0.25) is 0 Å². The molecule has 1 N–H and O–H groups in total. The number of carbonyl (C=O) groups is 3. The van der Waals surface area contributed by atoms with Crippen molar-refractivity contribution in [3.05, 3.63) is 100 Å². The summed E-state index contributed by atoms with van der Waals surface area (Å²) in [6.07, 6.45) is 0.706. The van der Waals surface area contributed by atoms with E-state index in [1.165, 1.54) is 4.90 Å². The zero-order chi connectivity index (χ0) is 27.0. The predicted octanol–water partition coefficient (Wildman–Crippen LogP) is 5.37. The van der Waals surface area contributed by atoms with Crippen molar-refractivity contribution in [2.45, 2.75) is 33.2 Å². The number of rotatable bonds is 6. The van der Waals surface area contributed by atoms with E-state index in [0.29, 0.717) is 42.0 Å². The lowest BCUT2D eigenvalue weighted by Crippen LogP contribution is -2.29. The molecule has 1 saturated heterocycles. The number of benzene rings is 3. The van der Waals surface area contributed by atoms with Gasteiger partial charge in [-0.25, -0.2) is 4.79 Å². The Hall–Kier alpha value is -4.39. The standard InChI is InChI=1S/C31H29NO6/c1-18(2)17-38-31(36)20-7-10-24(11-8-20)32-27(22-6-4-5-19(3)15-22)26(29(34)30(32)35)28(33)23-9-12-25-21(16-23)13-14-37-25/h4-12,15-16,18,27,33H,13-14,17H2,1-3H3/b28-26-. The second-order valence-electron chi connectivity index (χ2n) is 10.0. The molecule has 2 heterocycles. The Morgan fingerprint density at radius 2 is 1.79 bits per heavy atom. The first-order valence-corrected chi connectivity index (χ1v) is 12.7. The second kappa shape index (κ2) is 10.2. The highest BCUT2D eigenvalue weighted by atomic mass is 16.5. The summed E-state index contributed by atoms with van der Waals surface area (Å²) >= 11 is 0. The van der Waals surface area contributed by atoms with E-state index in [-0.39, 0.29) is 17.3 Å². The lowest BCUT2D eigenvalue weighted by Gasteiger charge is -2.26. The Bertz CT molecular complexity index is 1450. The number of amides is 1. The molecule has 0 spiro atoms. The first-order valence-electron chi connectivity index (χ1n) is 12.7. The molecule has 5 rings (SSSR count). The fraction of sp³-hybridized carbons (Fsp3) is 0.258. The Kier molecular flexibility index (Phi) is 6.76. The highest BCUT2D eigenvalue weighted by Crippen LogP contribution is 2.43. The number of hydrogen-bond donors (Lipinski definition) is 1. The molecule has 1 unspecified atom stereocenters. The maximum Gasteiger partial charge on any atom is 0.338 e. The van der Waals surface area contributed by atoms with Gasteiger partial charge in [-0.3, -0.25) is 14.5 Å². The van der Waals surface area contributed by atoms with E-state index in [4.69, 9.17) is 9.47 Å². The highest BCUT2D eigenvalue weighted by molar-refractivity contribution is 6.51. The van der Waals surface area contributed by atoms with E-state index >= 15 is 0 Å². The molecule has 0 saturated carbocycles. The molecule has 0 bridgehead atoms. The number of Topliss-reactive ketones (excluding diaryl/α,β-unsaturated/α-hetero) is 1. The Morgan fingerprint density at radius 3 is 2.50 bits per heavy atom. The Labute approximate surface area is 221 Å². The first kappa shape index (κ1) is 25.3. The van der Waals surface area contributed by atoms with E-state index in [2.05, 4.69) is 0 Å². The molecular formula is C31H29NO6. The number of ether oxygens (including phenoxy) is 2. The van der Waals surface area contributed by atoms with E-state index in [1.54, 1.807) is 42.5 Å². The number of esters is 1. The smallest absolute Gasteiger partial charge is 0.338 e. The van der Waals surface area contributed by atoms with E-state index in [0.717, 1.165) is 16.9 Å². The van der Waals surface area contributed by atoms with Crippen LogP contribution in [0.2, 0.25) is 0 Å². The van der Waals surface area contributed by atoms with Crippen molar-refractivity contribution in [1.29, 1.82) is 0 Å². The summed E-state index contributed by atoms with van der Waals surface area (Å²) in [5.74, 6) is -1.25. The summed E-state index contributed by atoms with van der Waals surface area (Å²) < 4.78 is 10.9. The van der Waals surface area contributed by atoms with Crippen LogP contribution in [0.25, 0.3) is 5.76 Å². The van der Waals surface area contributed by atoms with Crippen LogP contribution in [0, 0.1) is 12.8 Å². The zero-order valence-corrected chi connectivity index (χ0v) is 21.6. The van der Waals surface area contributed by atoms with Gasteiger partial charge in [0.15, 0.2) is 0 Å². The van der Waals surface area contributed by atoms with Crippen LogP contribution in [0.5, 0.6) is 5.75 Å². The van der Waals surface area contributed by atoms with Crippen LogP contribution < -0.4 is 9.64 Å². The van der Waals surface area contributed by atoms with Crippen LogP contribution >= 0.6 is 0 Å². The van der Waals surface area contributed by atoms with E-state index in [1.807, 2.05) is 45.0 Å². The third-order valence-electron chi connectivity index (χ3n) is 6.69. The van der Waals surface area contributed by atoms with Crippen molar-refractivity contribution in [3.63, 3.8) is 0 Å². The summed E-state index contributed by atoms with van der Waals surface area (Å²) in [6.45, 7) is 6.70. The van der Waals surface area contributed by atoms with E-state index < -0.39 is 23.7 Å². The molecule has 1 fully saturated rings. The number of aliphatic hydroxyl groups is 1.